The molecule has 1 atom stereocenters. The van der Waals surface area contributed by atoms with Crippen molar-refractivity contribution in [2.24, 2.45) is 0 Å². The van der Waals surface area contributed by atoms with Crippen LogP contribution in [0.5, 0.6) is 5.75 Å². The lowest BCUT2D eigenvalue weighted by Gasteiger charge is -2.25. The number of carbonyl (C=O) groups excluding carboxylic acids is 3. The van der Waals surface area contributed by atoms with E-state index in [2.05, 4.69) is 5.32 Å². The highest BCUT2D eigenvalue weighted by atomic mass is 16.5. The van der Waals surface area contributed by atoms with Crippen LogP contribution in [0.3, 0.4) is 0 Å². The number of Topliss-reactive ketones (excluding diaryl/α,β-unsaturated/α-hetero) is 1. The molecule has 6 heteroatoms. The van der Waals surface area contributed by atoms with Gasteiger partial charge in [0.25, 0.3) is 5.91 Å². The van der Waals surface area contributed by atoms with Gasteiger partial charge in [-0.05, 0) is 36.2 Å². The molecule has 1 fully saturated rings. The van der Waals surface area contributed by atoms with Crippen LogP contribution in [0.15, 0.2) is 54.6 Å². The number of hydrogen-bond acceptors (Lipinski definition) is 4. The second-order valence-electron chi connectivity index (χ2n) is 6.10. The molecule has 3 amide bonds. The number of methoxy groups -OCH3 is 1. The molecule has 0 radical (unpaired) electrons. The first-order valence-electron chi connectivity index (χ1n) is 8.38. The summed E-state index contributed by atoms with van der Waals surface area (Å²) >= 11 is 0. The minimum Gasteiger partial charge on any atom is -0.497 e. The first-order chi connectivity index (χ1) is 12.5. The molecule has 0 spiro atoms. The van der Waals surface area contributed by atoms with Gasteiger partial charge >= 0.3 is 6.03 Å². The van der Waals surface area contributed by atoms with Crippen LogP contribution in [0, 0.1) is 0 Å². The highest BCUT2D eigenvalue weighted by Gasteiger charge is 2.51. The maximum Gasteiger partial charge on any atom is 0.325 e. The van der Waals surface area contributed by atoms with Gasteiger partial charge in [0.1, 0.15) is 11.3 Å². The number of hydrogen-bond donors (Lipinski definition) is 1. The molecule has 1 N–H and O–H groups in total. The Labute approximate surface area is 151 Å². The normalized spacial score (nSPS) is 19.4. The van der Waals surface area contributed by atoms with Gasteiger partial charge in [-0.2, -0.15) is 0 Å². The van der Waals surface area contributed by atoms with Gasteiger partial charge in [-0.3, -0.25) is 14.5 Å². The zero-order chi connectivity index (χ0) is 18.7. The van der Waals surface area contributed by atoms with Crippen LogP contribution in [-0.2, 0) is 10.3 Å². The molecule has 0 bridgehead atoms. The smallest absolute Gasteiger partial charge is 0.325 e. The number of ketones is 1. The van der Waals surface area contributed by atoms with Crippen molar-refractivity contribution in [3.05, 3.63) is 65.7 Å². The molecule has 1 aliphatic heterocycles. The Morgan fingerprint density at radius 1 is 1.08 bits per heavy atom. The fraction of sp³-hybridized carbons (Fsp3) is 0.250. The van der Waals surface area contributed by atoms with E-state index in [1.54, 1.807) is 36.4 Å². The second-order valence-corrected chi connectivity index (χ2v) is 6.10. The predicted molar refractivity (Wildman–Crippen MR) is 96.0 cm³/mol. The van der Waals surface area contributed by atoms with Gasteiger partial charge in [-0.1, -0.05) is 37.3 Å². The predicted octanol–water partition coefficient (Wildman–Crippen LogP) is 2.74. The third kappa shape index (κ3) is 2.94. The maximum atomic E-state index is 13.0. The molecule has 134 valence electrons. The Hall–Kier alpha value is -3.15. The molecule has 26 heavy (non-hydrogen) atoms. The van der Waals surface area contributed by atoms with Crippen LogP contribution in [-0.4, -0.2) is 36.3 Å². The third-order valence-corrected chi connectivity index (χ3v) is 4.69. The zero-order valence-electron chi connectivity index (χ0n) is 14.7. The number of rotatable bonds is 6. The van der Waals surface area contributed by atoms with Crippen LogP contribution >= 0.6 is 0 Å². The molecule has 1 aliphatic rings. The summed E-state index contributed by atoms with van der Waals surface area (Å²) in [5, 5.41) is 2.77. The summed E-state index contributed by atoms with van der Waals surface area (Å²) in [6, 6.07) is 15.1. The summed E-state index contributed by atoms with van der Waals surface area (Å²) in [6.45, 7) is 1.53. The Morgan fingerprint density at radius 2 is 1.73 bits per heavy atom. The molecule has 2 aromatic rings. The average molecular weight is 352 g/mol. The highest BCUT2D eigenvalue weighted by Crippen LogP contribution is 2.32. The Bertz CT molecular complexity index is 833. The van der Waals surface area contributed by atoms with Gasteiger partial charge in [-0.25, -0.2) is 4.79 Å². The maximum absolute atomic E-state index is 13.0. The van der Waals surface area contributed by atoms with E-state index in [9.17, 15) is 14.4 Å². The number of imide groups is 1. The van der Waals surface area contributed by atoms with E-state index in [1.807, 2.05) is 25.1 Å². The molecule has 1 heterocycles. The molecule has 1 unspecified atom stereocenters. The molecule has 3 rings (SSSR count). The van der Waals surface area contributed by atoms with Crippen molar-refractivity contribution in [2.45, 2.75) is 18.9 Å². The lowest BCUT2D eigenvalue weighted by Crippen LogP contribution is -2.43. The number of benzene rings is 2. The molecule has 1 saturated heterocycles. The third-order valence-electron chi connectivity index (χ3n) is 4.69. The lowest BCUT2D eigenvalue weighted by molar-refractivity contribution is -0.131. The Balaban J connectivity index is 1.83. The van der Waals surface area contributed by atoms with Crippen LogP contribution < -0.4 is 10.1 Å². The van der Waals surface area contributed by atoms with Gasteiger partial charge in [0.2, 0.25) is 0 Å². The SMILES string of the molecule is CCC1(c2ccccc2)NC(=O)N(CC(=O)c2ccc(OC)cc2)C1=O. The summed E-state index contributed by atoms with van der Waals surface area (Å²) in [5.41, 5.74) is -0.00113. The summed E-state index contributed by atoms with van der Waals surface area (Å²) in [4.78, 5) is 38.9. The molecular weight excluding hydrogens is 332 g/mol. The highest BCUT2D eigenvalue weighted by molar-refractivity contribution is 6.11. The van der Waals surface area contributed by atoms with Crippen molar-refractivity contribution in [3.8, 4) is 5.75 Å². The Morgan fingerprint density at radius 3 is 2.31 bits per heavy atom. The van der Waals surface area contributed by atoms with E-state index < -0.39 is 17.5 Å². The van der Waals surface area contributed by atoms with E-state index in [1.165, 1.54) is 7.11 Å². The molecule has 6 nitrogen and oxygen atoms in total. The van der Waals surface area contributed by atoms with Gasteiger partial charge in [0.15, 0.2) is 5.78 Å². The number of ether oxygens (including phenoxy) is 1. The second kappa shape index (κ2) is 7.00. The van der Waals surface area contributed by atoms with Crippen molar-refractivity contribution in [1.29, 1.82) is 0 Å². The molecule has 0 saturated carbocycles. The van der Waals surface area contributed by atoms with Crippen LogP contribution in [0.1, 0.15) is 29.3 Å². The van der Waals surface area contributed by atoms with Crippen molar-refractivity contribution in [1.82, 2.24) is 10.2 Å². The van der Waals surface area contributed by atoms with Gasteiger partial charge in [0, 0.05) is 5.56 Å². The summed E-state index contributed by atoms with van der Waals surface area (Å²) in [6.07, 6.45) is 0.398. The number of carbonyl (C=O) groups is 3. The first-order valence-corrected chi connectivity index (χ1v) is 8.38. The number of nitrogens with zero attached hydrogens (tertiary/aromatic N) is 1. The average Bonchev–Trinajstić information content (AvgIpc) is 2.93. The van der Waals surface area contributed by atoms with Crippen molar-refractivity contribution < 1.29 is 19.1 Å². The van der Waals surface area contributed by atoms with E-state index in [4.69, 9.17) is 4.74 Å². The Kier molecular flexibility index (Phi) is 4.75. The summed E-state index contributed by atoms with van der Waals surface area (Å²) in [5.74, 6) is -0.0835. The standard InChI is InChI=1S/C20H20N2O4/c1-3-20(15-7-5-4-6-8-15)18(24)22(19(25)21-20)13-17(23)14-9-11-16(26-2)12-10-14/h4-12H,3,13H2,1-2H3,(H,21,25). The van der Waals surface area contributed by atoms with Gasteiger partial charge in [0.05, 0.1) is 13.7 Å². The fourth-order valence-electron chi connectivity index (χ4n) is 3.14. The summed E-state index contributed by atoms with van der Waals surface area (Å²) in [7, 11) is 1.54. The number of amides is 3. The fourth-order valence-corrected chi connectivity index (χ4v) is 3.14. The molecule has 0 aromatic heterocycles. The van der Waals surface area contributed by atoms with E-state index >= 15 is 0 Å². The monoisotopic (exact) mass is 352 g/mol. The van der Waals surface area contributed by atoms with Crippen molar-refractivity contribution >= 4 is 17.7 Å². The van der Waals surface area contributed by atoms with E-state index in [-0.39, 0.29) is 12.3 Å². The van der Waals surface area contributed by atoms with Crippen LogP contribution in [0.25, 0.3) is 0 Å². The number of urea groups is 1. The van der Waals surface area contributed by atoms with Crippen LogP contribution in [0.4, 0.5) is 4.79 Å². The minimum atomic E-state index is -1.13. The van der Waals surface area contributed by atoms with Crippen LogP contribution in [0.2, 0.25) is 0 Å². The van der Waals surface area contributed by atoms with Crippen molar-refractivity contribution in [2.75, 3.05) is 13.7 Å². The topological polar surface area (TPSA) is 75.7 Å². The first kappa shape index (κ1) is 17.7. The minimum absolute atomic E-state index is 0.300. The van der Waals surface area contributed by atoms with Gasteiger partial charge in [-0.15, -0.1) is 0 Å². The largest absolute Gasteiger partial charge is 0.497 e. The quantitative estimate of drug-likeness (QED) is 0.641. The van der Waals surface area contributed by atoms with E-state index in [0.717, 1.165) is 4.90 Å². The number of nitrogens with one attached hydrogen (secondary N) is 1. The molecular formula is C20H20N2O4. The summed E-state index contributed by atoms with van der Waals surface area (Å²) < 4.78 is 5.07. The van der Waals surface area contributed by atoms with Gasteiger partial charge < -0.3 is 10.1 Å². The zero-order valence-corrected chi connectivity index (χ0v) is 14.7. The molecule has 2 aromatic carbocycles. The molecule has 0 aliphatic carbocycles. The lowest BCUT2D eigenvalue weighted by atomic mass is 9.87. The van der Waals surface area contributed by atoms with Crippen molar-refractivity contribution in [3.63, 3.8) is 0 Å². The van der Waals surface area contributed by atoms with E-state index in [0.29, 0.717) is 23.3 Å².